The van der Waals surface area contributed by atoms with E-state index in [1.54, 1.807) is 0 Å². The van der Waals surface area contributed by atoms with E-state index in [0.717, 1.165) is 24.4 Å². The number of aliphatic hydroxyl groups excluding tert-OH is 1. The van der Waals surface area contributed by atoms with Gasteiger partial charge in [0.1, 0.15) is 5.82 Å². The first-order valence-electron chi connectivity index (χ1n) is 7.49. The predicted octanol–water partition coefficient (Wildman–Crippen LogP) is 2.47. The Morgan fingerprint density at radius 1 is 1.29 bits per heavy atom. The molecule has 114 valence electrons. The zero-order valence-corrected chi connectivity index (χ0v) is 13.1. The van der Waals surface area contributed by atoms with Gasteiger partial charge in [0.15, 0.2) is 0 Å². The molecule has 4 nitrogen and oxygen atoms in total. The van der Waals surface area contributed by atoms with Crippen LogP contribution in [-0.4, -0.2) is 27.3 Å². The van der Waals surface area contributed by atoms with Gasteiger partial charge in [0.2, 0.25) is 0 Å². The largest absolute Gasteiger partial charge is 0.394 e. The van der Waals surface area contributed by atoms with Crippen molar-refractivity contribution >= 4 is 0 Å². The van der Waals surface area contributed by atoms with Crippen LogP contribution in [0.2, 0.25) is 0 Å². The smallest absolute Gasteiger partial charge is 0.105 e. The van der Waals surface area contributed by atoms with E-state index < -0.39 is 5.54 Å². The number of benzene rings is 1. The Morgan fingerprint density at radius 3 is 2.52 bits per heavy atom. The van der Waals surface area contributed by atoms with E-state index in [4.69, 9.17) is 0 Å². The van der Waals surface area contributed by atoms with E-state index in [9.17, 15) is 5.11 Å². The molecular formula is C17H25N3O. The Kier molecular flexibility index (Phi) is 5.15. The molecule has 0 aliphatic rings. The van der Waals surface area contributed by atoms with Crippen LogP contribution in [-0.2, 0) is 12.1 Å². The van der Waals surface area contributed by atoms with Crippen LogP contribution >= 0.6 is 0 Å². The lowest BCUT2D eigenvalue weighted by Gasteiger charge is -2.36. The summed E-state index contributed by atoms with van der Waals surface area (Å²) in [5.41, 5.74) is 0.700. The number of aryl methyl sites for hydroxylation is 2. The van der Waals surface area contributed by atoms with Crippen LogP contribution < -0.4 is 5.32 Å². The molecule has 1 unspecified atom stereocenters. The van der Waals surface area contributed by atoms with Crippen LogP contribution in [0.4, 0.5) is 0 Å². The number of aromatic nitrogens is 2. The summed E-state index contributed by atoms with van der Waals surface area (Å²) < 4.78 is 2.12. The van der Waals surface area contributed by atoms with Gasteiger partial charge in [-0.25, -0.2) is 4.98 Å². The molecule has 0 aliphatic carbocycles. The quantitative estimate of drug-likeness (QED) is 0.822. The number of rotatable bonds is 7. The molecule has 4 heteroatoms. The number of nitrogens with zero attached hydrogens (tertiary/aromatic N) is 2. The topological polar surface area (TPSA) is 50.1 Å². The zero-order valence-electron chi connectivity index (χ0n) is 13.1. The maximum atomic E-state index is 10.1. The molecule has 2 aromatic rings. The fourth-order valence-electron chi connectivity index (χ4n) is 2.78. The molecule has 2 rings (SSSR count). The molecule has 0 saturated heterocycles. The number of nitrogens with one attached hydrogen (secondary N) is 1. The van der Waals surface area contributed by atoms with E-state index in [1.165, 1.54) is 0 Å². The first-order chi connectivity index (χ1) is 10.1. The van der Waals surface area contributed by atoms with Gasteiger partial charge < -0.3 is 15.0 Å². The summed E-state index contributed by atoms with van der Waals surface area (Å²) in [5, 5.41) is 13.6. The molecule has 0 radical (unpaired) electrons. The van der Waals surface area contributed by atoms with Crippen molar-refractivity contribution in [1.29, 1.82) is 0 Å². The molecule has 1 heterocycles. The normalized spacial score (nSPS) is 14.3. The minimum Gasteiger partial charge on any atom is -0.394 e. The molecule has 1 aromatic heterocycles. The number of hydrogen-bond donors (Lipinski definition) is 2. The third kappa shape index (κ3) is 3.71. The second-order valence-corrected chi connectivity index (χ2v) is 5.82. The van der Waals surface area contributed by atoms with E-state index in [2.05, 4.69) is 40.8 Å². The highest BCUT2D eigenvalue weighted by atomic mass is 16.3. The molecular weight excluding hydrogens is 262 g/mol. The third-order valence-corrected chi connectivity index (χ3v) is 3.86. The van der Waals surface area contributed by atoms with Crippen molar-refractivity contribution in [2.75, 3.05) is 6.61 Å². The molecule has 0 aliphatic heterocycles. The lowest BCUT2D eigenvalue weighted by Crippen LogP contribution is -2.49. The molecule has 1 aromatic carbocycles. The summed E-state index contributed by atoms with van der Waals surface area (Å²) in [6, 6.07) is 10.5. The highest BCUT2D eigenvalue weighted by Gasteiger charge is 2.31. The van der Waals surface area contributed by atoms with Gasteiger partial charge in [0.05, 0.1) is 12.1 Å². The molecule has 21 heavy (non-hydrogen) atoms. The molecule has 0 spiro atoms. The van der Waals surface area contributed by atoms with Crippen molar-refractivity contribution < 1.29 is 5.11 Å². The second kappa shape index (κ2) is 6.87. The minimum absolute atomic E-state index is 0.0724. The Bertz CT molecular complexity index is 550. The van der Waals surface area contributed by atoms with Crippen LogP contribution in [0, 0.1) is 6.92 Å². The molecule has 0 amide bonds. The summed E-state index contributed by atoms with van der Waals surface area (Å²) in [7, 11) is 0. The van der Waals surface area contributed by atoms with Crippen molar-refractivity contribution in [3.05, 3.63) is 54.1 Å². The van der Waals surface area contributed by atoms with E-state index in [-0.39, 0.29) is 6.61 Å². The number of aliphatic hydroxyl groups is 1. The van der Waals surface area contributed by atoms with Crippen LogP contribution in [0.5, 0.6) is 0 Å². The Morgan fingerprint density at radius 2 is 2.00 bits per heavy atom. The van der Waals surface area contributed by atoms with Gasteiger partial charge >= 0.3 is 0 Å². The highest BCUT2D eigenvalue weighted by Crippen LogP contribution is 2.26. The first kappa shape index (κ1) is 15.7. The van der Waals surface area contributed by atoms with Crippen LogP contribution in [0.1, 0.15) is 31.7 Å². The molecule has 1 atom stereocenters. The highest BCUT2D eigenvalue weighted by molar-refractivity contribution is 5.25. The van der Waals surface area contributed by atoms with Gasteiger partial charge in [-0.2, -0.15) is 0 Å². The van der Waals surface area contributed by atoms with Gasteiger partial charge in [-0.1, -0.05) is 30.3 Å². The summed E-state index contributed by atoms with van der Waals surface area (Å²) in [6.45, 7) is 7.11. The van der Waals surface area contributed by atoms with E-state index >= 15 is 0 Å². The molecule has 2 N–H and O–H groups in total. The summed E-state index contributed by atoms with van der Waals surface area (Å²) in [4.78, 5) is 4.26. The lowest BCUT2D eigenvalue weighted by molar-refractivity contribution is 0.136. The molecule has 0 fully saturated rings. The van der Waals surface area contributed by atoms with Crippen molar-refractivity contribution in [3.8, 4) is 0 Å². The summed E-state index contributed by atoms with van der Waals surface area (Å²) >= 11 is 0. The van der Waals surface area contributed by atoms with Crippen molar-refractivity contribution in [3.63, 3.8) is 0 Å². The Labute approximate surface area is 126 Å². The van der Waals surface area contributed by atoms with Crippen LogP contribution in [0.15, 0.2) is 42.7 Å². The Balaban J connectivity index is 2.25. The monoisotopic (exact) mass is 287 g/mol. The standard InChI is InChI=1S/C17H25N3O/c1-14(2)19-17(13-21,16-7-5-4-6-8-16)9-11-20-12-10-18-15(20)3/h4-8,10,12,14,19,21H,9,11,13H2,1-3H3. The van der Waals surface area contributed by atoms with Crippen molar-refractivity contribution in [2.24, 2.45) is 0 Å². The second-order valence-electron chi connectivity index (χ2n) is 5.82. The third-order valence-electron chi connectivity index (χ3n) is 3.86. The predicted molar refractivity (Wildman–Crippen MR) is 85.1 cm³/mol. The minimum atomic E-state index is -0.424. The van der Waals surface area contributed by atoms with Gasteiger partial charge in [0, 0.05) is 25.0 Å². The fourth-order valence-corrected chi connectivity index (χ4v) is 2.78. The average Bonchev–Trinajstić information content (AvgIpc) is 2.89. The van der Waals surface area contributed by atoms with Crippen LogP contribution in [0.25, 0.3) is 0 Å². The van der Waals surface area contributed by atoms with Gasteiger partial charge in [-0.05, 0) is 32.8 Å². The molecule has 0 bridgehead atoms. The maximum Gasteiger partial charge on any atom is 0.105 e. The number of hydrogen-bond acceptors (Lipinski definition) is 3. The van der Waals surface area contributed by atoms with Gasteiger partial charge in [-0.15, -0.1) is 0 Å². The molecule has 0 saturated carbocycles. The van der Waals surface area contributed by atoms with Crippen molar-refractivity contribution in [2.45, 2.75) is 45.3 Å². The Hall–Kier alpha value is -1.65. The lowest BCUT2D eigenvalue weighted by atomic mass is 9.86. The van der Waals surface area contributed by atoms with Gasteiger partial charge in [0.25, 0.3) is 0 Å². The zero-order chi connectivity index (χ0) is 15.3. The van der Waals surface area contributed by atoms with E-state index in [1.807, 2.05) is 37.5 Å². The van der Waals surface area contributed by atoms with Crippen LogP contribution in [0.3, 0.4) is 0 Å². The fraction of sp³-hybridized carbons (Fsp3) is 0.471. The maximum absolute atomic E-state index is 10.1. The average molecular weight is 287 g/mol. The van der Waals surface area contributed by atoms with Gasteiger partial charge in [-0.3, -0.25) is 0 Å². The SMILES string of the molecule is Cc1nccn1CCC(CO)(NC(C)C)c1ccccc1. The number of imidazole rings is 1. The van der Waals surface area contributed by atoms with E-state index in [0.29, 0.717) is 6.04 Å². The first-order valence-corrected chi connectivity index (χ1v) is 7.49. The summed E-state index contributed by atoms with van der Waals surface area (Å²) in [6.07, 6.45) is 4.61. The van der Waals surface area contributed by atoms with Crippen molar-refractivity contribution in [1.82, 2.24) is 14.9 Å². The summed E-state index contributed by atoms with van der Waals surface area (Å²) in [5.74, 6) is 0.999.